The van der Waals surface area contributed by atoms with Crippen molar-refractivity contribution in [3.63, 3.8) is 0 Å². The predicted molar refractivity (Wildman–Crippen MR) is 122 cm³/mol. The summed E-state index contributed by atoms with van der Waals surface area (Å²) in [6.45, 7) is 5.55. The van der Waals surface area contributed by atoms with Crippen LogP contribution < -0.4 is 16.0 Å². The average molecular weight is 473 g/mol. The first kappa shape index (κ1) is 24.9. The van der Waals surface area contributed by atoms with E-state index in [1.807, 2.05) is 13.8 Å². The van der Waals surface area contributed by atoms with Crippen LogP contribution in [0.3, 0.4) is 0 Å². The van der Waals surface area contributed by atoms with E-state index < -0.39 is 29.9 Å². The number of H-pyrrole nitrogens is 2. The van der Waals surface area contributed by atoms with Crippen molar-refractivity contribution < 1.29 is 19.2 Å². The summed E-state index contributed by atoms with van der Waals surface area (Å²) in [4.78, 5) is 65.9. The molecular formula is C22H32N8O4. The summed E-state index contributed by atoms with van der Waals surface area (Å²) in [5.41, 5.74) is 0. The fourth-order valence-corrected chi connectivity index (χ4v) is 4.03. The van der Waals surface area contributed by atoms with Crippen LogP contribution in [0.4, 0.5) is 0 Å². The Kier molecular flexibility index (Phi) is 8.39. The van der Waals surface area contributed by atoms with Gasteiger partial charge in [-0.3, -0.25) is 19.2 Å². The molecule has 12 nitrogen and oxygen atoms in total. The third-order valence-corrected chi connectivity index (χ3v) is 5.61. The van der Waals surface area contributed by atoms with Crippen molar-refractivity contribution in [1.82, 2.24) is 40.8 Å². The maximum absolute atomic E-state index is 12.9. The summed E-state index contributed by atoms with van der Waals surface area (Å²) in [5.74, 6) is -0.316. The van der Waals surface area contributed by atoms with Gasteiger partial charge in [-0.05, 0) is 25.2 Å². The van der Waals surface area contributed by atoms with Crippen LogP contribution in [-0.4, -0.2) is 73.6 Å². The number of imidazole rings is 2. The van der Waals surface area contributed by atoms with Gasteiger partial charge >= 0.3 is 0 Å². The van der Waals surface area contributed by atoms with Gasteiger partial charge in [-0.25, -0.2) is 9.97 Å². The lowest BCUT2D eigenvalue weighted by atomic mass is 10.0. The number of nitrogens with one attached hydrogen (secondary N) is 5. The topological polar surface area (TPSA) is 165 Å². The van der Waals surface area contributed by atoms with Crippen molar-refractivity contribution in [2.24, 2.45) is 5.92 Å². The number of hydrogen-bond acceptors (Lipinski definition) is 6. The van der Waals surface area contributed by atoms with Crippen LogP contribution >= 0.6 is 0 Å². The van der Waals surface area contributed by atoms with E-state index >= 15 is 0 Å². The van der Waals surface area contributed by atoms with Gasteiger partial charge in [0.25, 0.3) is 0 Å². The van der Waals surface area contributed by atoms with Crippen LogP contribution in [0.1, 0.15) is 57.7 Å². The molecule has 2 unspecified atom stereocenters. The normalized spacial score (nSPS) is 16.5. The molecule has 2 aromatic heterocycles. The van der Waals surface area contributed by atoms with E-state index in [1.54, 1.807) is 24.8 Å². The lowest BCUT2D eigenvalue weighted by Crippen LogP contribution is -2.54. The van der Waals surface area contributed by atoms with Crippen LogP contribution in [-0.2, 0) is 19.2 Å². The van der Waals surface area contributed by atoms with Gasteiger partial charge in [-0.1, -0.05) is 13.8 Å². The van der Waals surface area contributed by atoms with Gasteiger partial charge in [-0.2, -0.15) is 0 Å². The Morgan fingerprint density at radius 2 is 1.74 bits per heavy atom. The molecule has 1 fully saturated rings. The van der Waals surface area contributed by atoms with E-state index in [-0.39, 0.29) is 24.3 Å². The number of amides is 4. The molecule has 0 radical (unpaired) electrons. The number of nitrogens with zero attached hydrogens (tertiary/aromatic N) is 3. The molecule has 1 aliphatic heterocycles. The molecular weight excluding hydrogens is 440 g/mol. The number of aromatic amines is 2. The predicted octanol–water partition coefficient (Wildman–Crippen LogP) is -0.00360. The van der Waals surface area contributed by atoms with Gasteiger partial charge < -0.3 is 30.8 Å². The maximum atomic E-state index is 12.9. The minimum atomic E-state index is -0.819. The second-order valence-electron chi connectivity index (χ2n) is 8.73. The Morgan fingerprint density at radius 1 is 1.09 bits per heavy atom. The van der Waals surface area contributed by atoms with Crippen LogP contribution in [0.15, 0.2) is 24.8 Å². The molecule has 184 valence electrons. The highest BCUT2D eigenvalue weighted by Gasteiger charge is 2.34. The summed E-state index contributed by atoms with van der Waals surface area (Å²) in [6.07, 6.45) is 8.10. The molecule has 3 heterocycles. The smallest absolute Gasteiger partial charge is 0.243 e. The summed E-state index contributed by atoms with van der Waals surface area (Å²) < 4.78 is 0. The zero-order chi connectivity index (χ0) is 24.7. The Hall–Kier alpha value is -3.70. The monoisotopic (exact) mass is 472 g/mol. The third-order valence-electron chi connectivity index (χ3n) is 5.61. The van der Waals surface area contributed by atoms with Crippen molar-refractivity contribution >= 4 is 23.6 Å². The fraction of sp³-hybridized carbons (Fsp3) is 0.545. The largest absolute Gasteiger partial charge is 0.346 e. The molecule has 34 heavy (non-hydrogen) atoms. The highest BCUT2D eigenvalue weighted by Crippen LogP contribution is 2.18. The molecule has 12 heteroatoms. The van der Waals surface area contributed by atoms with E-state index in [1.165, 1.54) is 11.8 Å². The molecule has 0 saturated carbocycles. The van der Waals surface area contributed by atoms with Crippen LogP contribution in [0.2, 0.25) is 0 Å². The fourth-order valence-electron chi connectivity index (χ4n) is 4.03. The zero-order valence-corrected chi connectivity index (χ0v) is 19.6. The third kappa shape index (κ3) is 6.42. The van der Waals surface area contributed by atoms with E-state index in [0.29, 0.717) is 31.0 Å². The van der Waals surface area contributed by atoms with Gasteiger partial charge in [0.1, 0.15) is 29.8 Å². The Labute approximate surface area is 197 Å². The number of carbonyl (C=O) groups is 4. The molecule has 1 aliphatic rings. The van der Waals surface area contributed by atoms with Crippen LogP contribution in [0, 0.1) is 5.92 Å². The maximum Gasteiger partial charge on any atom is 0.243 e. The van der Waals surface area contributed by atoms with Crippen LogP contribution in [0.5, 0.6) is 0 Å². The lowest BCUT2D eigenvalue weighted by molar-refractivity contribution is -0.138. The highest BCUT2D eigenvalue weighted by molar-refractivity contribution is 5.93. The van der Waals surface area contributed by atoms with Crippen molar-refractivity contribution in [2.75, 3.05) is 13.1 Å². The number of carbonyl (C=O) groups excluding carboxylic acids is 4. The van der Waals surface area contributed by atoms with E-state index in [9.17, 15) is 19.2 Å². The van der Waals surface area contributed by atoms with Gasteiger partial charge in [0.15, 0.2) is 0 Å². The van der Waals surface area contributed by atoms with Gasteiger partial charge in [0, 0.05) is 38.3 Å². The molecule has 0 spiro atoms. The first-order valence-corrected chi connectivity index (χ1v) is 11.4. The summed E-state index contributed by atoms with van der Waals surface area (Å²) in [5, 5.41) is 8.17. The number of aromatic nitrogens is 4. The SMILES string of the molecule is CC(=O)N1CCCC1C(=O)NC(CC(C)C)C(=O)NCC(=O)NC(c1ncc[nH]1)c1ncc[nH]1. The quantitative estimate of drug-likeness (QED) is 0.326. The molecule has 4 amide bonds. The molecule has 2 aromatic rings. The Balaban J connectivity index is 1.59. The lowest BCUT2D eigenvalue weighted by Gasteiger charge is -2.26. The minimum absolute atomic E-state index is 0.125. The Bertz CT molecular complexity index is 939. The highest BCUT2D eigenvalue weighted by atomic mass is 16.2. The second-order valence-corrected chi connectivity index (χ2v) is 8.73. The van der Waals surface area contributed by atoms with E-state index in [4.69, 9.17) is 0 Å². The molecule has 2 atom stereocenters. The first-order chi connectivity index (χ1) is 16.3. The number of likely N-dealkylation sites (tertiary alicyclic amines) is 1. The number of hydrogen-bond donors (Lipinski definition) is 5. The van der Waals surface area contributed by atoms with Gasteiger partial charge in [0.05, 0.1) is 6.54 Å². The van der Waals surface area contributed by atoms with E-state index in [0.717, 1.165) is 6.42 Å². The van der Waals surface area contributed by atoms with Crippen LogP contribution in [0.25, 0.3) is 0 Å². The van der Waals surface area contributed by atoms with Crippen molar-refractivity contribution in [1.29, 1.82) is 0 Å². The van der Waals surface area contributed by atoms with Crippen molar-refractivity contribution in [3.8, 4) is 0 Å². The zero-order valence-electron chi connectivity index (χ0n) is 19.6. The van der Waals surface area contributed by atoms with Crippen molar-refractivity contribution in [3.05, 3.63) is 36.4 Å². The first-order valence-electron chi connectivity index (χ1n) is 11.4. The minimum Gasteiger partial charge on any atom is -0.346 e. The van der Waals surface area contributed by atoms with Crippen molar-refractivity contribution in [2.45, 2.75) is 58.2 Å². The molecule has 0 aliphatic carbocycles. The van der Waals surface area contributed by atoms with Gasteiger partial charge in [-0.15, -0.1) is 0 Å². The standard InChI is InChI=1S/C22H32N8O4/c1-13(2)11-15(28-22(34)16-5-4-10-30(16)14(3)31)21(33)27-12-17(32)29-18(19-23-6-7-24-19)20-25-8-9-26-20/h6-9,13,15-16,18H,4-5,10-12H2,1-3H3,(H,23,24)(H,25,26)(H,27,33)(H,28,34)(H,29,32). The summed E-state index contributed by atoms with van der Waals surface area (Å²) >= 11 is 0. The van der Waals surface area contributed by atoms with E-state index in [2.05, 4.69) is 35.9 Å². The Morgan fingerprint density at radius 3 is 2.26 bits per heavy atom. The molecule has 3 rings (SSSR count). The summed E-state index contributed by atoms with van der Waals surface area (Å²) in [6, 6.07) is -2.04. The molecule has 1 saturated heterocycles. The molecule has 0 bridgehead atoms. The molecule has 5 N–H and O–H groups in total. The number of rotatable bonds is 10. The molecule has 0 aromatic carbocycles. The average Bonchev–Trinajstić information content (AvgIpc) is 3.56. The summed E-state index contributed by atoms with van der Waals surface area (Å²) in [7, 11) is 0. The van der Waals surface area contributed by atoms with Gasteiger partial charge in [0.2, 0.25) is 23.6 Å². The second kappa shape index (κ2) is 11.4.